The molecule has 0 unspecified atom stereocenters. The molecule has 2 heterocycles. The Labute approximate surface area is 164 Å². The average Bonchev–Trinajstić information content (AvgIpc) is 3.11. The summed E-state index contributed by atoms with van der Waals surface area (Å²) in [4.78, 5) is 40.6. The summed E-state index contributed by atoms with van der Waals surface area (Å²) in [5, 5.41) is 13.6. The SMILES string of the molecule is CCOc1cc(C=NNC(=O)Cn2cnc3c2c(=O)n(C)c(=O)n3C)ccc1O. The number of hydrogen-bond donors (Lipinski definition) is 2. The Morgan fingerprint density at radius 2 is 2.07 bits per heavy atom. The van der Waals surface area contributed by atoms with E-state index in [0.717, 1.165) is 4.57 Å². The molecular formula is C18H20N6O5. The number of amides is 1. The van der Waals surface area contributed by atoms with Crippen LogP contribution in [0.2, 0.25) is 0 Å². The van der Waals surface area contributed by atoms with Crippen LogP contribution in [0, 0.1) is 0 Å². The molecule has 0 saturated heterocycles. The molecule has 0 aliphatic carbocycles. The van der Waals surface area contributed by atoms with Crippen LogP contribution in [-0.4, -0.2) is 42.5 Å². The van der Waals surface area contributed by atoms with Crippen LogP contribution in [0.15, 0.2) is 39.2 Å². The molecule has 0 aliphatic heterocycles. The number of aromatic nitrogens is 4. The summed E-state index contributed by atoms with van der Waals surface area (Å²) < 4.78 is 8.84. The molecule has 11 heteroatoms. The van der Waals surface area contributed by atoms with E-state index in [1.54, 1.807) is 19.1 Å². The van der Waals surface area contributed by atoms with Crippen LogP contribution in [0.1, 0.15) is 12.5 Å². The van der Waals surface area contributed by atoms with Gasteiger partial charge in [-0.2, -0.15) is 5.10 Å². The highest BCUT2D eigenvalue weighted by molar-refractivity contribution is 5.83. The maximum Gasteiger partial charge on any atom is 0.332 e. The summed E-state index contributed by atoms with van der Waals surface area (Å²) in [6.07, 6.45) is 2.72. The number of benzene rings is 1. The largest absolute Gasteiger partial charge is 0.504 e. The molecular weight excluding hydrogens is 380 g/mol. The Bertz CT molecular complexity index is 1220. The first kappa shape index (κ1) is 19.9. The second-order valence-electron chi connectivity index (χ2n) is 6.20. The topological polar surface area (TPSA) is 133 Å². The maximum absolute atomic E-state index is 12.4. The van der Waals surface area contributed by atoms with Crippen molar-refractivity contribution in [2.24, 2.45) is 19.2 Å². The predicted octanol–water partition coefficient (Wildman–Crippen LogP) is -0.312. The van der Waals surface area contributed by atoms with E-state index in [1.807, 2.05) is 0 Å². The minimum atomic E-state index is -0.538. The number of imidazole rings is 1. The van der Waals surface area contributed by atoms with Crippen LogP contribution < -0.4 is 21.4 Å². The van der Waals surface area contributed by atoms with Gasteiger partial charge in [-0.3, -0.25) is 18.7 Å². The van der Waals surface area contributed by atoms with E-state index in [4.69, 9.17) is 4.74 Å². The first-order valence-electron chi connectivity index (χ1n) is 8.72. The highest BCUT2D eigenvalue weighted by Crippen LogP contribution is 2.26. The molecule has 2 N–H and O–H groups in total. The van der Waals surface area contributed by atoms with Gasteiger partial charge in [-0.25, -0.2) is 15.2 Å². The molecule has 152 valence electrons. The van der Waals surface area contributed by atoms with Gasteiger partial charge in [0.1, 0.15) is 6.54 Å². The molecule has 3 rings (SSSR count). The molecule has 1 aromatic carbocycles. The van der Waals surface area contributed by atoms with E-state index >= 15 is 0 Å². The van der Waals surface area contributed by atoms with Crippen LogP contribution in [0.25, 0.3) is 11.2 Å². The molecule has 0 fully saturated rings. The van der Waals surface area contributed by atoms with Gasteiger partial charge in [0.25, 0.3) is 11.5 Å². The lowest BCUT2D eigenvalue weighted by molar-refractivity contribution is -0.121. The fraction of sp³-hybridized carbons (Fsp3) is 0.278. The van der Waals surface area contributed by atoms with Crippen LogP contribution in [-0.2, 0) is 25.4 Å². The van der Waals surface area contributed by atoms with Crippen LogP contribution in [0.4, 0.5) is 0 Å². The smallest absolute Gasteiger partial charge is 0.332 e. The summed E-state index contributed by atoms with van der Waals surface area (Å²) in [6.45, 7) is 1.99. The summed E-state index contributed by atoms with van der Waals surface area (Å²) >= 11 is 0. The Morgan fingerprint density at radius 3 is 2.79 bits per heavy atom. The van der Waals surface area contributed by atoms with Crippen molar-refractivity contribution in [3.8, 4) is 11.5 Å². The van der Waals surface area contributed by atoms with Gasteiger partial charge in [0.2, 0.25) is 0 Å². The van der Waals surface area contributed by atoms with E-state index < -0.39 is 17.2 Å². The Hall–Kier alpha value is -3.89. The van der Waals surface area contributed by atoms with Crippen LogP contribution in [0.3, 0.4) is 0 Å². The van der Waals surface area contributed by atoms with Gasteiger partial charge in [0.15, 0.2) is 22.7 Å². The molecule has 0 saturated carbocycles. The van der Waals surface area contributed by atoms with Crippen molar-refractivity contribution in [1.29, 1.82) is 0 Å². The van der Waals surface area contributed by atoms with Crippen molar-refractivity contribution in [3.05, 3.63) is 50.9 Å². The molecule has 3 aromatic rings. The second-order valence-corrected chi connectivity index (χ2v) is 6.20. The number of nitrogens with one attached hydrogen (secondary N) is 1. The second kappa shape index (κ2) is 8.00. The van der Waals surface area contributed by atoms with Crippen molar-refractivity contribution >= 4 is 23.3 Å². The molecule has 1 amide bonds. The quantitative estimate of drug-likeness (QED) is 0.431. The number of carbonyl (C=O) groups excluding carboxylic acids is 1. The third-order valence-electron chi connectivity index (χ3n) is 4.22. The van der Waals surface area contributed by atoms with Crippen molar-refractivity contribution in [1.82, 2.24) is 24.1 Å². The van der Waals surface area contributed by atoms with Gasteiger partial charge in [-0.1, -0.05) is 0 Å². The van der Waals surface area contributed by atoms with Crippen molar-refractivity contribution in [2.45, 2.75) is 13.5 Å². The number of hydrazone groups is 1. The fourth-order valence-corrected chi connectivity index (χ4v) is 2.77. The molecule has 2 aromatic heterocycles. The van der Waals surface area contributed by atoms with E-state index in [9.17, 15) is 19.5 Å². The average molecular weight is 400 g/mol. The number of nitrogens with zero attached hydrogens (tertiary/aromatic N) is 5. The number of rotatable bonds is 6. The third kappa shape index (κ3) is 3.88. The first-order chi connectivity index (χ1) is 13.8. The first-order valence-corrected chi connectivity index (χ1v) is 8.72. The highest BCUT2D eigenvalue weighted by Gasteiger charge is 2.15. The molecule has 0 aliphatic rings. The molecule has 0 atom stereocenters. The van der Waals surface area contributed by atoms with E-state index in [2.05, 4.69) is 15.5 Å². The van der Waals surface area contributed by atoms with Crippen molar-refractivity contribution in [2.75, 3.05) is 6.61 Å². The lowest BCUT2D eigenvalue weighted by Crippen LogP contribution is -2.38. The zero-order valence-electron chi connectivity index (χ0n) is 16.1. The molecule has 29 heavy (non-hydrogen) atoms. The highest BCUT2D eigenvalue weighted by atomic mass is 16.5. The number of fused-ring (bicyclic) bond motifs is 1. The van der Waals surface area contributed by atoms with E-state index in [0.29, 0.717) is 17.9 Å². The van der Waals surface area contributed by atoms with Crippen molar-refractivity contribution < 1.29 is 14.6 Å². The van der Waals surface area contributed by atoms with E-state index in [1.165, 1.54) is 41.8 Å². The maximum atomic E-state index is 12.4. The van der Waals surface area contributed by atoms with Gasteiger partial charge in [-0.05, 0) is 30.7 Å². The minimum absolute atomic E-state index is 0.0102. The summed E-state index contributed by atoms with van der Waals surface area (Å²) in [5.74, 6) is -0.162. The summed E-state index contributed by atoms with van der Waals surface area (Å²) in [7, 11) is 2.86. The zero-order chi connectivity index (χ0) is 21.1. The van der Waals surface area contributed by atoms with Gasteiger partial charge in [0.05, 0.1) is 19.1 Å². The number of aryl methyl sites for hydroxylation is 1. The minimum Gasteiger partial charge on any atom is -0.504 e. The zero-order valence-corrected chi connectivity index (χ0v) is 16.1. The Morgan fingerprint density at radius 1 is 1.31 bits per heavy atom. The Balaban J connectivity index is 1.75. The number of phenolic OH excluding ortho intramolecular Hbond substituents is 1. The predicted molar refractivity (Wildman–Crippen MR) is 105 cm³/mol. The summed E-state index contributed by atoms with van der Waals surface area (Å²) in [6, 6.07) is 4.66. The van der Waals surface area contributed by atoms with Crippen molar-refractivity contribution in [3.63, 3.8) is 0 Å². The Kier molecular flexibility index (Phi) is 5.48. The number of hydrogen-bond acceptors (Lipinski definition) is 7. The van der Waals surface area contributed by atoms with Gasteiger partial charge >= 0.3 is 5.69 Å². The summed E-state index contributed by atoms with van der Waals surface area (Å²) in [5.41, 5.74) is 2.28. The van der Waals surface area contributed by atoms with Gasteiger partial charge in [-0.15, -0.1) is 0 Å². The molecule has 0 spiro atoms. The molecule has 0 radical (unpaired) electrons. The monoisotopic (exact) mass is 400 g/mol. The number of ether oxygens (including phenoxy) is 1. The molecule has 11 nitrogen and oxygen atoms in total. The van der Waals surface area contributed by atoms with Crippen LogP contribution >= 0.6 is 0 Å². The normalized spacial score (nSPS) is 11.3. The number of carbonyl (C=O) groups is 1. The molecule has 0 bridgehead atoms. The van der Waals surface area contributed by atoms with Gasteiger partial charge in [0, 0.05) is 14.1 Å². The third-order valence-corrected chi connectivity index (χ3v) is 4.22. The van der Waals surface area contributed by atoms with Crippen LogP contribution in [0.5, 0.6) is 11.5 Å². The fourth-order valence-electron chi connectivity index (χ4n) is 2.77. The van der Waals surface area contributed by atoms with E-state index in [-0.39, 0.29) is 23.5 Å². The number of aromatic hydroxyl groups is 1. The number of phenols is 1. The van der Waals surface area contributed by atoms with Gasteiger partial charge < -0.3 is 14.4 Å². The lowest BCUT2D eigenvalue weighted by atomic mass is 10.2. The lowest BCUT2D eigenvalue weighted by Gasteiger charge is -2.06. The standard InChI is InChI=1S/C18H20N6O5/c1-4-29-13-7-11(5-6-12(13)25)8-20-21-14(26)9-24-10-19-16-15(24)17(27)23(3)18(28)22(16)2/h5-8,10,25H,4,9H2,1-3H3,(H,21,26).